The summed E-state index contributed by atoms with van der Waals surface area (Å²) in [5.41, 5.74) is 17.8. The zero-order valence-electron chi connectivity index (χ0n) is 29.6. The Morgan fingerprint density at radius 2 is 1.08 bits per heavy atom. The Bertz CT molecular complexity index is 3070. The van der Waals surface area contributed by atoms with Gasteiger partial charge in [0.25, 0.3) is 0 Å². The van der Waals surface area contributed by atoms with Crippen LogP contribution in [0.4, 0.5) is 0 Å². The summed E-state index contributed by atoms with van der Waals surface area (Å²) in [7, 11) is 0. The molecule has 0 saturated heterocycles. The summed E-state index contributed by atoms with van der Waals surface area (Å²) in [5, 5.41) is 4.92. The summed E-state index contributed by atoms with van der Waals surface area (Å²) in [6.07, 6.45) is 0. The molecule has 0 aliphatic heterocycles. The van der Waals surface area contributed by atoms with E-state index in [2.05, 4.69) is 188 Å². The molecule has 10 aromatic rings. The predicted molar refractivity (Wildman–Crippen MR) is 222 cm³/mol. The lowest BCUT2D eigenvalue weighted by Crippen LogP contribution is -2.15. The van der Waals surface area contributed by atoms with Crippen LogP contribution >= 0.6 is 0 Å². The van der Waals surface area contributed by atoms with E-state index in [1.54, 1.807) is 0 Å². The van der Waals surface area contributed by atoms with Crippen LogP contribution in [-0.4, -0.2) is 4.57 Å². The third-order valence-corrected chi connectivity index (χ3v) is 11.6. The molecule has 0 unspecified atom stereocenters. The monoisotopic (exact) mass is 677 g/mol. The van der Waals surface area contributed by atoms with E-state index in [-0.39, 0.29) is 5.41 Å². The Morgan fingerprint density at radius 3 is 1.91 bits per heavy atom. The number of para-hydroxylation sites is 3. The quantitative estimate of drug-likeness (QED) is 0.181. The average Bonchev–Trinajstić information content (AvgIpc) is 3.84. The van der Waals surface area contributed by atoms with E-state index in [0.29, 0.717) is 0 Å². The summed E-state index contributed by atoms with van der Waals surface area (Å²) in [6, 6.07) is 64.0. The number of benzene rings is 8. The fraction of sp³-hybridized carbons (Fsp3) is 0.0588. The van der Waals surface area contributed by atoms with Gasteiger partial charge < -0.3 is 8.98 Å². The van der Waals surface area contributed by atoms with Crippen molar-refractivity contribution in [2.75, 3.05) is 0 Å². The normalized spacial score (nSPS) is 13.2. The minimum atomic E-state index is -0.0988. The molecular weight excluding hydrogens is 643 g/mol. The Labute approximate surface area is 308 Å². The Hall–Kier alpha value is -6.64. The number of aromatic nitrogens is 1. The van der Waals surface area contributed by atoms with E-state index in [1.807, 2.05) is 6.07 Å². The van der Waals surface area contributed by atoms with Crippen LogP contribution in [0.3, 0.4) is 0 Å². The molecule has 0 saturated carbocycles. The lowest BCUT2D eigenvalue weighted by Gasteiger charge is -2.22. The zero-order valence-corrected chi connectivity index (χ0v) is 29.6. The molecule has 250 valence electrons. The van der Waals surface area contributed by atoms with E-state index in [4.69, 9.17) is 4.42 Å². The Balaban J connectivity index is 1.08. The minimum Gasteiger partial charge on any atom is -0.455 e. The maximum Gasteiger partial charge on any atom is 0.143 e. The molecular formula is C51H35NO. The van der Waals surface area contributed by atoms with Crippen molar-refractivity contribution in [1.29, 1.82) is 0 Å². The van der Waals surface area contributed by atoms with Gasteiger partial charge in [0.05, 0.1) is 11.0 Å². The van der Waals surface area contributed by atoms with E-state index >= 15 is 0 Å². The van der Waals surface area contributed by atoms with Crippen LogP contribution in [0.25, 0.3) is 93.9 Å². The second kappa shape index (κ2) is 11.2. The van der Waals surface area contributed by atoms with Gasteiger partial charge in [-0.2, -0.15) is 0 Å². The zero-order chi connectivity index (χ0) is 35.3. The molecule has 1 aliphatic carbocycles. The van der Waals surface area contributed by atoms with Crippen molar-refractivity contribution in [3.63, 3.8) is 0 Å². The van der Waals surface area contributed by atoms with E-state index in [9.17, 15) is 0 Å². The Morgan fingerprint density at radius 1 is 0.434 bits per heavy atom. The van der Waals surface area contributed by atoms with E-state index in [1.165, 1.54) is 66.3 Å². The van der Waals surface area contributed by atoms with Gasteiger partial charge in [0.1, 0.15) is 11.2 Å². The molecule has 0 bridgehead atoms. The molecule has 0 amide bonds. The van der Waals surface area contributed by atoms with Crippen LogP contribution < -0.4 is 0 Å². The van der Waals surface area contributed by atoms with Gasteiger partial charge in [-0.15, -0.1) is 0 Å². The number of nitrogens with zero attached hydrogens (tertiary/aromatic N) is 1. The van der Waals surface area contributed by atoms with Gasteiger partial charge in [0.2, 0.25) is 0 Å². The topological polar surface area (TPSA) is 18.1 Å². The third kappa shape index (κ3) is 4.39. The first-order chi connectivity index (χ1) is 26.0. The SMILES string of the molecule is CC1(C)c2ccccc2-c2ccc3c(c21)c1ccccc1n3-c1ccc(-c2cc(-c3ccccc3)cc(-c3cccc4c3oc3ccccc34)c2)cc1. The number of hydrogen-bond donors (Lipinski definition) is 0. The maximum absolute atomic E-state index is 6.51. The lowest BCUT2D eigenvalue weighted by atomic mass is 9.80. The molecule has 1 aliphatic rings. The molecule has 0 N–H and O–H groups in total. The summed E-state index contributed by atoms with van der Waals surface area (Å²) in [6.45, 7) is 4.76. The van der Waals surface area contributed by atoms with E-state index in [0.717, 1.165) is 38.8 Å². The highest BCUT2D eigenvalue weighted by Crippen LogP contribution is 2.53. The van der Waals surface area contributed by atoms with E-state index < -0.39 is 0 Å². The predicted octanol–water partition coefficient (Wildman–Crippen LogP) is 14.0. The second-order valence-electron chi connectivity index (χ2n) is 14.9. The largest absolute Gasteiger partial charge is 0.455 e. The molecule has 8 aromatic carbocycles. The molecule has 0 spiro atoms. The highest BCUT2D eigenvalue weighted by molar-refractivity contribution is 6.14. The smallest absolute Gasteiger partial charge is 0.143 e. The van der Waals surface area contributed by atoms with Crippen LogP contribution in [0.5, 0.6) is 0 Å². The van der Waals surface area contributed by atoms with Crippen LogP contribution in [0.1, 0.15) is 25.0 Å². The summed E-state index contributed by atoms with van der Waals surface area (Å²) in [5.74, 6) is 0. The molecule has 2 heteroatoms. The first-order valence-electron chi connectivity index (χ1n) is 18.4. The van der Waals surface area contributed by atoms with Crippen LogP contribution in [0, 0.1) is 0 Å². The van der Waals surface area contributed by atoms with Gasteiger partial charge in [-0.1, -0.05) is 141 Å². The van der Waals surface area contributed by atoms with Crippen LogP contribution in [0.15, 0.2) is 180 Å². The van der Waals surface area contributed by atoms with Crippen LogP contribution in [-0.2, 0) is 5.41 Å². The third-order valence-electron chi connectivity index (χ3n) is 11.6. The van der Waals surface area contributed by atoms with Crippen LogP contribution in [0.2, 0.25) is 0 Å². The number of furan rings is 1. The highest BCUT2D eigenvalue weighted by Gasteiger charge is 2.38. The molecule has 2 heterocycles. The molecule has 11 rings (SSSR count). The second-order valence-corrected chi connectivity index (χ2v) is 14.9. The van der Waals surface area contributed by atoms with Gasteiger partial charge in [-0.3, -0.25) is 0 Å². The summed E-state index contributed by atoms with van der Waals surface area (Å²) < 4.78 is 8.96. The first-order valence-corrected chi connectivity index (χ1v) is 18.4. The van der Waals surface area contributed by atoms with Gasteiger partial charge >= 0.3 is 0 Å². The highest BCUT2D eigenvalue weighted by atomic mass is 16.3. The molecule has 0 radical (unpaired) electrons. The molecule has 2 nitrogen and oxygen atoms in total. The summed E-state index contributed by atoms with van der Waals surface area (Å²) in [4.78, 5) is 0. The van der Waals surface area contributed by atoms with Gasteiger partial charge in [-0.25, -0.2) is 0 Å². The molecule has 0 fully saturated rings. The number of rotatable bonds is 4. The van der Waals surface area contributed by atoms with Crippen molar-refractivity contribution in [3.05, 3.63) is 187 Å². The van der Waals surface area contributed by atoms with Crippen molar-refractivity contribution < 1.29 is 4.42 Å². The van der Waals surface area contributed by atoms with Crippen molar-refractivity contribution >= 4 is 43.7 Å². The first kappa shape index (κ1) is 30.0. The summed E-state index contributed by atoms with van der Waals surface area (Å²) >= 11 is 0. The van der Waals surface area contributed by atoms with Crippen molar-refractivity contribution in [2.45, 2.75) is 19.3 Å². The standard InChI is InChI=1S/C51H35NO/c1-51(2)44-20-9-6-15-39(44)41-27-28-46-48(49(41)51)43-17-7-10-21-45(43)52(46)37-25-23-33(24-26-37)35-29-34(32-13-4-3-5-14-32)30-36(31-35)38-18-12-19-42-40-16-8-11-22-47(40)53-50(38)42/h3-31H,1-2H3. The molecule has 2 aromatic heterocycles. The number of hydrogen-bond acceptors (Lipinski definition) is 1. The fourth-order valence-electron chi connectivity index (χ4n) is 9.13. The minimum absolute atomic E-state index is 0.0988. The van der Waals surface area contributed by atoms with Gasteiger partial charge in [0, 0.05) is 38.2 Å². The Kier molecular flexibility index (Phi) is 6.33. The average molecular weight is 678 g/mol. The number of fused-ring (bicyclic) bond motifs is 10. The molecule has 53 heavy (non-hydrogen) atoms. The van der Waals surface area contributed by atoms with Crippen molar-refractivity contribution in [1.82, 2.24) is 4.57 Å². The van der Waals surface area contributed by atoms with Crippen molar-refractivity contribution in [3.8, 4) is 50.2 Å². The van der Waals surface area contributed by atoms with Gasteiger partial charge in [0.15, 0.2) is 0 Å². The maximum atomic E-state index is 6.51. The molecule has 0 atom stereocenters. The lowest BCUT2D eigenvalue weighted by molar-refractivity contribution is 0.666. The van der Waals surface area contributed by atoms with Crippen molar-refractivity contribution in [2.24, 2.45) is 0 Å². The van der Waals surface area contributed by atoms with Gasteiger partial charge in [-0.05, 0) is 98.6 Å². The fourth-order valence-corrected chi connectivity index (χ4v) is 9.13.